The first-order valence-electron chi connectivity index (χ1n) is 8.01. The SMILES string of the molecule is CCC1(C(=O)O)CCCN1C(=O)NC1CCOC1C1CC1. The molecule has 2 amide bonds. The molecular weight excluding hydrogens is 272 g/mol. The highest BCUT2D eigenvalue weighted by atomic mass is 16.5. The Morgan fingerprint density at radius 1 is 1.38 bits per heavy atom. The van der Waals surface area contributed by atoms with Crippen LogP contribution in [0.2, 0.25) is 0 Å². The fourth-order valence-corrected chi connectivity index (χ4v) is 3.81. The van der Waals surface area contributed by atoms with E-state index in [-0.39, 0.29) is 18.2 Å². The highest BCUT2D eigenvalue weighted by Crippen LogP contribution is 2.39. The van der Waals surface area contributed by atoms with Crippen molar-refractivity contribution in [3.63, 3.8) is 0 Å². The number of rotatable bonds is 4. The molecule has 1 aliphatic carbocycles. The third-order valence-corrected chi connectivity index (χ3v) is 5.25. The molecule has 0 radical (unpaired) electrons. The quantitative estimate of drug-likeness (QED) is 0.826. The molecule has 3 aliphatic rings. The molecule has 3 rings (SSSR count). The van der Waals surface area contributed by atoms with Crippen LogP contribution in [0.25, 0.3) is 0 Å². The Hall–Kier alpha value is -1.30. The molecular formula is C15H24N2O4. The summed E-state index contributed by atoms with van der Waals surface area (Å²) in [5, 5.41) is 12.6. The molecule has 3 fully saturated rings. The number of carboxylic acid groups (broad SMARTS) is 1. The predicted octanol–water partition coefficient (Wildman–Crippen LogP) is 1.59. The standard InChI is InChI=1S/C15H24N2O4/c1-2-15(13(18)19)7-3-8-17(15)14(20)16-11-6-9-21-12(11)10-4-5-10/h10-12H,2-9H2,1H3,(H,16,20)(H,18,19). The van der Waals surface area contributed by atoms with E-state index < -0.39 is 11.5 Å². The second-order valence-corrected chi connectivity index (χ2v) is 6.46. The van der Waals surface area contributed by atoms with Gasteiger partial charge in [0, 0.05) is 13.2 Å². The smallest absolute Gasteiger partial charge is 0.329 e. The first kappa shape index (κ1) is 14.6. The van der Waals surface area contributed by atoms with Crippen LogP contribution >= 0.6 is 0 Å². The highest BCUT2D eigenvalue weighted by molar-refractivity contribution is 5.87. The normalized spacial score (nSPS) is 36.0. The zero-order valence-electron chi connectivity index (χ0n) is 12.5. The van der Waals surface area contributed by atoms with E-state index in [0.717, 1.165) is 12.8 Å². The molecule has 0 spiro atoms. The summed E-state index contributed by atoms with van der Waals surface area (Å²) in [6.45, 7) is 3.04. The van der Waals surface area contributed by atoms with Crippen molar-refractivity contribution in [3.8, 4) is 0 Å². The third kappa shape index (κ3) is 2.50. The Labute approximate surface area is 124 Å². The van der Waals surface area contributed by atoms with Crippen molar-refractivity contribution in [2.24, 2.45) is 5.92 Å². The van der Waals surface area contributed by atoms with Gasteiger partial charge in [-0.1, -0.05) is 6.92 Å². The summed E-state index contributed by atoms with van der Waals surface area (Å²) in [6, 6.07) is -0.202. The van der Waals surface area contributed by atoms with Gasteiger partial charge in [0.05, 0.1) is 12.1 Å². The summed E-state index contributed by atoms with van der Waals surface area (Å²) in [7, 11) is 0. The minimum absolute atomic E-state index is 0.0361. The zero-order chi connectivity index (χ0) is 15.0. The first-order chi connectivity index (χ1) is 10.1. The Balaban J connectivity index is 1.68. The summed E-state index contributed by atoms with van der Waals surface area (Å²) in [6.07, 6.45) is 5.04. The van der Waals surface area contributed by atoms with E-state index in [0.29, 0.717) is 31.9 Å². The number of ether oxygens (including phenoxy) is 1. The average Bonchev–Trinajstić information content (AvgIpc) is 3.03. The number of carbonyl (C=O) groups is 2. The van der Waals surface area contributed by atoms with E-state index >= 15 is 0 Å². The maximum atomic E-state index is 12.6. The van der Waals surface area contributed by atoms with Gasteiger partial charge in [0.25, 0.3) is 0 Å². The van der Waals surface area contributed by atoms with E-state index in [1.165, 1.54) is 17.7 Å². The Kier molecular flexibility index (Phi) is 3.82. The van der Waals surface area contributed by atoms with Gasteiger partial charge in [-0.3, -0.25) is 0 Å². The molecule has 2 aliphatic heterocycles. The maximum absolute atomic E-state index is 12.6. The molecule has 118 valence electrons. The lowest BCUT2D eigenvalue weighted by Gasteiger charge is -2.35. The number of amides is 2. The van der Waals surface area contributed by atoms with Gasteiger partial charge in [0.15, 0.2) is 0 Å². The minimum Gasteiger partial charge on any atom is -0.479 e. The summed E-state index contributed by atoms with van der Waals surface area (Å²) < 4.78 is 5.73. The lowest BCUT2D eigenvalue weighted by molar-refractivity contribution is -0.148. The minimum atomic E-state index is -1.03. The average molecular weight is 296 g/mol. The van der Waals surface area contributed by atoms with Gasteiger partial charge in [-0.15, -0.1) is 0 Å². The topological polar surface area (TPSA) is 78.9 Å². The largest absolute Gasteiger partial charge is 0.479 e. The van der Waals surface area contributed by atoms with Crippen molar-refractivity contribution in [2.45, 2.75) is 63.1 Å². The molecule has 6 heteroatoms. The van der Waals surface area contributed by atoms with Crippen LogP contribution in [-0.4, -0.2) is 52.8 Å². The lowest BCUT2D eigenvalue weighted by Crippen LogP contribution is -2.58. The van der Waals surface area contributed by atoms with Gasteiger partial charge in [-0.25, -0.2) is 9.59 Å². The number of nitrogens with one attached hydrogen (secondary N) is 1. The zero-order valence-corrected chi connectivity index (χ0v) is 12.5. The van der Waals surface area contributed by atoms with Gasteiger partial charge in [-0.2, -0.15) is 0 Å². The molecule has 1 saturated carbocycles. The first-order valence-corrected chi connectivity index (χ1v) is 8.01. The second kappa shape index (κ2) is 5.48. The van der Waals surface area contributed by atoms with Crippen molar-refractivity contribution in [1.82, 2.24) is 10.2 Å². The van der Waals surface area contributed by atoms with Crippen molar-refractivity contribution >= 4 is 12.0 Å². The number of carboxylic acids is 1. The van der Waals surface area contributed by atoms with E-state index in [4.69, 9.17) is 4.74 Å². The van der Waals surface area contributed by atoms with Crippen molar-refractivity contribution in [1.29, 1.82) is 0 Å². The third-order valence-electron chi connectivity index (χ3n) is 5.25. The van der Waals surface area contributed by atoms with Crippen LogP contribution in [-0.2, 0) is 9.53 Å². The van der Waals surface area contributed by atoms with Crippen LogP contribution in [0.5, 0.6) is 0 Å². The van der Waals surface area contributed by atoms with E-state index in [9.17, 15) is 14.7 Å². The molecule has 21 heavy (non-hydrogen) atoms. The fraction of sp³-hybridized carbons (Fsp3) is 0.867. The Morgan fingerprint density at radius 3 is 2.76 bits per heavy atom. The van der Waals surface area contributed by atoms with E-state index in [1.807, 2.05) is 6.92 Å². The Bertz CT molecular complexity index is 437. The predicted molar refractivity (Wildman–Crippen MR) is 76.0 cm³/mol. The van der Waals surface area contributed by atoms with Crippen LogP contribution in [0.1, 0.15) is 45.4 Å². The van der Waals surface area contributed by atoms with Gasteiger partial charge < -0.3 is 20.1 Å². The van der Waals surface area contributed by atoms with Crippen LogP contribution in [0, 0.1) is 5.92 Å². The summed E-state index contributed by atoms with van der Waals surface area (Å²) in [5.74, 6) is -0.314. The number of likely N-dealkylation sites (tertiary alicyclic amines) is 1. The molecule has 2 heterocycles. The maximum Gasteiger partial charge on any atom is 0.329 e. The molecule has 0 aromatic rings. The van der Waals surface area contributed by atoms with Crippen molar-refractivity contribution < 1.29 is 19.4 Å². The molecule has 6 nitrogen and oxygen atoms in total. The molecule has 2 N–H and O–H groups in total. The van der Waals surface area contributed by atoms with E-state index in [1.54, 1.807) is 0 Å². The molecule has 3 atom stereocenters. The molecule has 0 aromatic heterocycles. The van der Waals surface area contributed by atoms with Crippen LogP contribution in [0.4, 0.5) is 4.79 Å². The lowest BCUT2D eigenvalue weighted by atomic mass is 9.93. The monoisotopic (exact) mass is 296 g/mol. The number of hydrogen-bond donors (Lipinski definition) is 2. The van der Waals surface area contributed by atoms with Crippen LogP contribution in [0.15, 0.2) is 0 Å². The van der Waals surface area contributed by atoms with Gasteiger partial charge in [0.1, 0.15) is 5.54 Å². The molecule has 3 unspecified atom stereocenters. The van der Waals surface area contributed by atoms with Gasteiger partial charge >= 0.3 is 12.0 Å². The highest BCUT2D eigenvalue weighted by Gasteiger charge is 2.50. The number of hydrogen-bond acceptors (Lipinski definition) is 3. The number of carbonyl (C=O) groups excluding carboxylic acids is 1. The Morgan fingerprint density at radius 2 is 2.14 bits per heavy atom. The van der Waals surface area contributed by atoms with E-state index in [2.05, 4.69) is 5.32 Å². The molecule has 2 saturated heterocycles. The van der Waals surface area contributed by atoms with Crippen LogP contribution in [0.3, 0.4) is 0 Å². The fourth-order valence-electron chi connectivity index (χ4n) is 3.81. The van der Waals surface area contributed by atoms with Crippen molar-refractivity contribution in [3.05, 3.63) is 0 Å². The number of aliphatic carboxylic acids is 1. The summed E-state index contributed by atoms with van der Waals surface area (Å²) in [5.41, 5.74) is -1.03. The number of urea groups is 1. The van der Waals surface area contributed by atoms with Gasteiger partial charge in [0.2, 0.25) is 0 Å². The second-order valence-electron chi connectivity index (χ2n) is 6.46. The molecule has 0 bridgehead atoms. The summed E-state index contributed by atoms with van der Waals surface area (Å²) in [4.78, 5) is 25.7. The van der Waals surface area contributed by atoms with Crippen molar-refractivity contribution in [2.75, 3.05) is 13.2 Å². The molecule has 0 aromatic carbocycles. The van der Waals surface area contributed by atoms with Gasteiger partial charge in [-0.05, 0) is 44.4 Å². The number of nitrogens with zero attached hydrogens (tertiary/aromatic N) is 1. The van der Waals surface area contributed by atoms with Crippen LogP contribution < -0.4 is 5.32 Å². The summed E-state index contributed by atoms with van der Waals surface area (Å²) >= 11 is 0.